The highest BCUT2D eigenvalue weighted by Crippen LogP contribution is 2.24. The first-order valence-electron chi connectivity index (χ1n) is 6.09. The Balaban J connectivity index is 2.65. The van der Waals surface area contributed by atoms with E-state index in [1.54, 1.807) is 0 Å². The maximum Gasteiger partial charge on any atom is 0.232 e. The number of nitrogens with one attached hydrogen (secondary N) is 2. The molecular formula is C12H17BrF2N2O2S. The molecule has 0 radical (unpaired) electrons. The molecule has 4 nitrogen and oxygen atoms in total. The van der Waals surface area contributed by atoms with Crippen LogP contribution in [0.2, 0.25) is 0 Å². The van der Waals surface area contributed by atoms with Gasteiger partial charge in [-0.2, -0.15) is 0 Å². The van der Waals surface area contributed by atoms with E-state index >= 15 is 0 Å². The summed E-state index contributed by atoms with van der Waals surface area (Å²) in [5, 5.41) is 3.09. The summed E-state index contributed by atoms with van der Waals surface area (Å²) in [6, 6.07) is 1.97. The third-order valence-electron chi connectivity index (χ3n) is 2.42. The van der Waals surface area contributed by atoms with E-state index < -0.39 is 21.7 Å². The molecule has 0 unspecified atom stereocenters. The van der Waals surface area contributed by atoms with Crippen molar-refractivity contribution >= 4 is 31.6 Å². The molecule has 1 aromatic carbocycles. The second kappa shape index (κ2) is 7.33. The highest BCUT2D eigenvalue weighted by molar-refractivity contribution is 9.10. The summed E-state index contributed by atoms with van der Waals surface area (Å²) >= 11 is 2.88. The normalized spacial score (nSPS) is 11.9. The van der Waals surface area contributed by atoms with Gasteiger partial charge in [0.2, 0.25) is 10.0 Å². The van der Waals surface area contributed by atoms with Crippen LogP contribution in [0.5, 0.6) is 0 Å². The fourth-order valence-corrected chi connectivity index (χ4v) is 2.93. The lowest BCUT2D eigenvalue weighted by molar-refractivity contribution is 0.569. The Bertz CT molecular complexity index is 565. The van der Waals surface area contributed by atoms with Crippen LogP contribution < -0.4 is 10.0 Å². The molecule has 0 atom stereocenters. The first-order chi connectivity index (χ1) is 9.21. The van der Waals surface area contributed by atoms with Gasteiger partial charge in [-0.05, 0) is 35.0 Å². The van der Waals surface area contributed by atoms with Crippen LogP contribution >= 0.6 is 15.9 Å². The molecule has 1 rings (SSSR count). The fraction of sp³-hybridized carbons (Fsp3) is 0.500. The van der Waals surface area contributed by atoms with Crippen LogP contribution in [-0.4, -0.2) is 26.8 Å². The molecule has 0 aliphatic rings. The van der Waals surface area contributed by atoms with Crippen molar-refractivity contribution in [3.05, 3.63) is 28.2 Å². The van der Waals surface area contributed by atoms with E-state index in [1.165, 1.54) is 0 Å². The summed E-state index contributed by atoms with van der Waals surface area (Å²) in [5.41, 5.74) is -0.268. The molecule has 0 aliphatic heterocycles. The van der Waals surface area contributed by atoms with Gasteiger partial charge in [0.15, 0.2) is 0 Å². The van der Waals surface area contributed by atoms with Crippen molar-refractivity contribution in [1.82, 2.24) is 5.32 Å². The Morgan fingerprint density at radius 1 is 1.25 bits per heavy atom. The van der Waals surface area contributed by atoms with Crippen molar-refractivity contribution < 1.29 is 17.2 Å². The molecule has 0 aromatic heterocycles. The SMILES string of the molecule is CC(C)NCCCS(=O)(=O)Nc1cc(Br)c(F)cc1F. The Morgan fingerprint density at radius 2 is 1.90 bits per heavy atom. The number of rotatable bonds is 7. The van der Waals surface area contributed by atoms with Gasteiger partial charge in [0.05, 0.1) is 15.9 Å². The summed E-state index contributed by atoms with van der Waals surface area (Å²) in [4.78, 5) is 0. The second-order valence-corrected chi connectivity index (χ2v) is 7.33. The summed E-state index contributed by atoms with van der Waals surface area (Å²) in [7, 11) is -3.66. The Kier molecular flexibility index (Phi) is 6.35. The highest BCUT2D eigenvalue weighted by Gasteiger charge is 2.15. The first-order valence-corrected chi connectivity index (χ1v) is 8.54. The number of halogens is 3. The van der Waals surface area contributed by atoms with Crippen LogP contribution in [0.4, 0.5) is 14.5 Å². The maximum absolute atomic E-state index is 13.5. The van der Waals surface area contributed by atoms with Gasteiger partial charge < -0.3 is 5.32 Å². The van der Waals surface area contributed by atoms with Crippen LogP contribution in [0.15, 0.2) is 16.6 Å². The van der Waals surface area contributed by atoms with Gasteiger partial charge in [0, 0.05) is 12.1 Å². The van der Waals surface area contributed by atoms with Gasteiger partial charge in [0.25, 0.3) is 0 Å². The summed E-state index contributed by atoms with van der Waals surface area (Å²) in [6.07, 6.45) is 0.400. The molecule has 0 spiro atoms. The zero-order valence-electron chi connectivity index (χ0n) is 11.2. The van der Waals surface area contributed by atoms with Gasteiger partial charge in [-0.15, -0.1) is 0 Å². The zero-order chi connectivity index (χ0) is 15.3. The van der Waals surface area contributed by atoms with E-state index in [4.69, 9.17) is 0 Å². The van der Waals surface area contributed by atoms with Crippen molar-refractivity contribution in [1.29, 1.82) is 0 Å². The van der Waals surface area contributed by atoms with E-state index in [0.717, 1.165) is 6.07 Å². The Morgan fingerprint density at radius 3 is 2.50 bits per heavy atom. The minimum Gasteiger partial charge on any atom is -0.314 e. The minimum absolute atomic E-state index is 0.00178. The van der Waals surface area contributed by atoms with E-state index in [0.29, 0.717) is 19.0 Å². The van der Waals surface area contributed by atoms with Gasteiger partial charge in [-0.3, -0.25) is 4.72 Å². The monoisotopic (exact) mass is 370 g/mol. The van der Waals surface area contributed by atoms with Crippen molar-refractivity contribution in [2.45, 2.75) is 26.3 Å². The van der Waals surface area contributed by atoms with Gasteiger partial charge >= 0.3 is 0 Å². The molecule has 114 valence electrons. The van der Waals surface area contributed by atoms with Crippen molar-refractivity contribution in [2.24, 2.45) is 0 Å². The maximum atomic E-state index is 13.5. The van der Waals surface area contributed by atoms with Crippen LogP contribution in [0.1, 0.15) is 20.3 Å². The lowest BCUT2D eigenvalue weighted by atomic mass is 10.3. The molecule has 0 aliphatic carbocycles. The van der Waals surface area contributed by atoms with E-state index in [-0.39, 0.29) is 22.0 Å². The molecular weight excluding hydrogens is 354 g/mol. The highest BCUT2D eigenvalue weighted by atomic mass is 79.9. The summed E-state index contributed by atoms with van der Waals surface area (Å²) in [6.45, 7) is 4.46. The number of benzene rings is 1. The standard InChI is InChI=1S/C12H17BrF2N2O2S/c1-8(2)16-4-3-5-20(18,19)17-12-6-9(13)10(14)7-11(12)15/h6-8,16-17H,3-5H2,1-2H3. The molecule has 1 aromatic rings. The topological polar surface area (TPSA) is 58.2 Å². The van der Waals surface area contributed by atoms with Crippen LogP contribution in [-0.2, 0) is 10.0 Å². The zero-order valence-corrected chi connectivity index (χ0v) is 13.6. The number of sulfonamides is 1. The second-order valence-electron chi connectivity index (χ2n) is 4.63. The molecule has 0 amide bonds. The van der Waals surface area contributed by atoms with E-state index in [1.807, 2.05) is 13.8 Å². The predicted octanol–water partition coefficient (Wildman–Crippen LogP) is 2.86. The summed E-state index contributed by atoms with van der Waals surface area (Å²) in [5.74, 6) is -1.87. The lowest BCUT2D eigenvalue weighted by Gasteiger charge is -2.11. The molecule has 2 N–H and O–H groups in total. The van der Waals surface area contributed by atoms with Crippen molar-refractivity contribution in [3.8, 4) is 0 Å². The fourth-order valence-electron chi connectivity index (χ4n) is 1.47. The largest absolute Gasteiger partial charge is 0.314 e. The third kappa shape index (κ3) is 5.72. The molecule has 20 heavy (non-hydrogen) atoms. The molecule has 0 fully saturated rings. The van der Waals surface area contributed by atoms with E-state index in [2.05, 4.69) is 26.0 Å². The number of anilines is 1. The lowest BCUT2D eigenvalue weighted by Crippen LogP contribution is -2.26. The molecule has 0 saturated heterocycles. The minimum atomic E-state index is -3.66. The average Bonchev–Trinajstić information content (AvgIpc) is 2.31. The van der Waals surface area contributed by atoms with Gasteiger partial charge in [0.1, 0.15) is 11.6 Å². The average molecular weight is 371 g/mol. The molecule has 0 heterocycles. The van der Waals surface area contributed by atoms with Crippen LogP contribution in [0.3, 0.4) is 0 Å². The quantitative estimate of drug-likeness (QED) is 0.573. The third-order valence-corrected chi connectivity index (χ3v) is 4.38. The molecule has 0 saturated carbocycles. The van der Waals surface area contributed by atoms with Crippen LogP contribution in [0.25, 0.3) is 0 Å². The Hall–Kier alpha value is -0.730. The van der Waals surface area contributed by atoms with Gasteiger partial charge in [-0.1, -0.05) is 13.8 Å². The first kappa shape index (κ1) is 17.3. The molecule has 8 heteroatoms. The molecule has 0 bridgehead atoms. The van der Waals surface area contributed by atoms with Gasteiger partial charge in [-0.25, -0.2) is 17.2 Å². The predicted molar refractivity (Wildman–Crippen MR) is 79.2 cm³/mol. The van der Waals surface area contributed by atoms with Crippen molar-refractivity contribution in [3.63, 3.8) is 0 Å². The Labute approximate surface area is 126 Å². The smallest absolute Gasteiger partial charge is 0.232 e. The number of hydrogen-bond acceptors (Lipinski definition) is 3. The number of hydrogen-bond donors (Lipinski definition) is 2. The van der Waals surface area contributed by atoms with Crippen molar-refractivity contribution in [2.75, 3.05) is 17.0 Å². The summed E-state index contributed by atoms with van der Waals surface area (Å²) < 4.78 is 52.2. The van der Waals surface area contributed by atoms with Crippen LogP contribution in [0, 0.1) is 11.6 Å². The van der Waals surface area contributed by atoms with E-state index in [9.17, 15) is 17.2 Å².